The van der Waals surface area contributed by atoms with Crippen molar-refractivity contribution in [1.29, 1.82) is 0 Å². The van der Waals surface area contributed by atoms with Crippen LogP contribution in [-0.4, -0.2) is 45.1 Å². The van der Waals surface area contributed by atoms with E-state index in [1.807, 2.05) is 24.3 Å². The van der Waals surface area contributed by atoms with Gasteiger partial charge < -0.3 is 14.8 Å². The van der Waals surface area contributed by atoms with E-state index in [0.717, 1.165) is 28.3 Å². The van der Waals surface area contributed by atoms with Crippen LogP contribution in [0.5, 0.6) is 5.88 Å². The van der Waals surface area contributed by atoms with E-state index < -0.39 is 42.0 Å². The van der Waals surface area contributed by atoms with Gasteiger partial charge in [-0.25, -0.2) is 19.5 Å². The lowest BCUT2D eigenvalue weighted by atomic mass is 10.1. The van der Waals surface area contributed by atoms with Gasteiger partial charge in [0.1, 0.15) is 0 Å². The highest BCUT2D eigenvalue weighted by molar-refractivity contribution is 5.93. The van der Waals surface area contributed by atoms with Crippen LogP contribution < -0.4 is 10.1 Å². The molecule has 4 rings (SSSR count). The predicted molar refractivity (Wildman–Crippen MR) is 108 cm³/mol. The maximum absolute atomic E-state index is 13.2. The molecule has 1 N–H and O–H groups in total. The van der Waals surface area contributed by atoms with Gasteiger partial charge in [0.25, 0.3) is 0 Å². The molecule has 1 aliphatic heterocycles. The number of amides is 3. The van der Waals surface area contributed by atoms with Gasteiger partial charge in [-0.2, -0.15) is 18.2 Å². The van der Waals surface area contributed by atoms with E-state index in [4.69, 9.17) is 9.47 Å². The monoisotopic (exact) mass is 461 g/mol. The first-order valence-electron chi connectivity index (χ1n) is 9.78. The highest BCUT2D eigenvalue weighted by Gasteiger charge is 2.46. The Bertz CT molecular complexity index is 1210. The quantitative estimate of drug-likeness (QED) is 0.629. The van der Waals surface area contributed by atoms with Crippen LogP contribution in [0.15, 0.2) is 42.7 Å². The van der Waals surface area contributed by atoms with Gasteiger partial charge in [-0.3, -0.25) is 4.98 Å². The number of alkyl halides is 3. The maximum atomic E-state index is 13.2. The summed E-state index contributed by atoms with van der Waals surface area (Å²) < 4.78 is 49.5. The number of fused-ring (bicyclic) bond motifs is 1. The van der Waals surface area contributed by atoms with Gasteiger partial charge in [-0.15, -0.1) is 0 Å². The van der Waals surface area contributed by atoms with Crippen LogP contribution in [0, 0.1) is 0 Å². The summed E-state index contributed by atoms with van der Waals surface area (Å²) in [5.74, 6) is -0.766. The highest BCUT2D eigenvalue weighted by atomic mass is 19.4. The number of ether oxygens (including phenoxy) is 2. The zero-order valence-corrected chi connectivity index (χ0v) is 17.5. The molecule has 1 fully saturated rings. The molecule has 0 unspecified atom stereocenters. The number of aromatic nitrogens is 3. The van der Waals surface area contributed by atoms with Crippen LogP contribution in [0.4, 0.5) is 22.8 Å². The first kappa shape index (κ1) is 22.2. The lowest BCUT2D eigenvalue weighted by Gasteiger charge is -2.20. The number of hydrogen-bond donors (Lipinski definition) is 1. The molecule has 3 heterocycles. The molecule has 2 aromatic heterocycles. The number of nitrogens with one attached hydrogen (secondary N) is 1. The van der Waals surface area contributed by atoms with Gasteiger partial charge in [0.05, 0.1) is 13.2 Å². The molecule has 0 radical (unpaired) electrons. The topological polar surface area (TPSA) is 107 Å². The fraction of sp³-hybridized carbons (Fsp3) is 0.286. The Hall–Kier alpha value is -3.96. The van der Waals surface area contributed by atoms with E-state index in [2.05, 4.69) is 20.3 Å². The number of carbonyl (C=O) groups is 2. The van der Waals surface area contributed by atoms with Gasteiger partial charge in [0.15, 0.2) is 17.6 Å². The second kappa shape index (κ2) is 8.52. The number of urea groups is 1. The van der Waals surface area contributed by atoms with E-state index in [-0.39, 0.29) is 12.4 Å². The average Bonchev–Trinajstić information content (AvgIpc) is 3.10. The second-order valence-corrected chi connectivity index (χ2v) is 7.24. The molecule has 33 heavy (non-hydrogen) atoms. The lowest BCUT2D eigenvalue weighted by Crippen LogP contribution is -2.44. The Morgan fingerprint density at radius 3 is 2.73 bits per heavy atom. The van der Waals surface area contributed by atoms with Crippen LogP contribution >= 0.6 is 0 Å². The molecular weight excluding hydrogens is 443 g/mol. The summed E-state index contributed by atoms with van der Waals surface area (Å²) in [6.07, 6.45) is -3.81. The van der Waals surface area contributed by atoms with Crippen molar-refractivity contribution in [2.45, 2.75) is 31.8 Å². The van der Waals surface area contributed by atoms with Gasteiger partial charge >= 0.3 is 18.3 Å². The van der Waals surface area contributed by atoms with Gasteiger partial charge in [-0.1, -0.05) is 24.3 Å². The van der Waals surface area contributed by atoms with E-state index in [1.54, 1.807) is 12.4 Å². The summed E-state index contributed by atoms with van der Waals surface area (Å²) in [6, 6.07) is 6.34. The first-order chi connectivity index (χ1) is 15.7. The molecule has 9 nitrogen and oxygen atoms in total. The molecule has 2 atom stereocenters. The van der Waals surface area contributed by atoms with E-state index in [1.165, 1.54) is 6.92 Å². The van der Waals surface area contributed by atoms with Crippen LogP contribution in [0.3, 0.4) is 0 Å². The van der Waals surface area contributed by atoms with E-state index >= 15 is 0 Å². The number of cyclic esters (lactones) is 1. The predicted octanol–water partition coefficient (Wildman–Crippen LogP) is 3.84. The van der Waals surface area contributed by atoms with Crippen LogP contribution in [-0.2, 0) is 17.5 Å². The number of pyridine rings is 1. The van der Waals surface area contributed by atoms with E-state index in [9.17, 15) is 22.8 Å². The Morgan fingerprint density at radius 1 is 1.24 bits per heavy atom. The summed E-state index contributed by atoms with van der Waals surface area (Å²) in [6.45, 7) is 1.52. The minimum atomic E-state index is -4.76. The summed E-state index contributed by atoms with van der Waals surface area (Å²) in [5.41, 5.74) is -0.525. The molecule has 0 bridgehead atoms. The third-order valence-electron chi connectivity index (χ3n) is 5.14. The summed E-state index contributed by atoms with van der Waals surface area (Å²) >= 11 is 0. The molecule has 0 aliphatic carbocycles. The second-order valence-electron chi connectivity index (χ2n) is 7.24. The SMILES string of the molecule is COc1cc(C(F)(F)F)nc([C@@H]2OC(=O)N(C(=O)NCc3cncc4ccccc34)[C@H]2C)n1. The number of nitrogens with zero attached hydrogens (tertiary/aromatic N) is 4. The molecule has 0 saturated carbocycles. The van der Waals surface area contributed by atoms with Gasteiger partial charge in [0.2, 0.25) is 5.88 Å². The standard InChI is InChI=1S/C21H18F3N5O4/c1-11-17(18-27-15(21(22,23)24)7-16(28-18)32-2)33-20(31)29(11)19(30)26-10-13-9-25-8-12-5-3-4-6-14(12)13/h3-9,11,17H,10H2,1-2H3,(H,26,30)/t11-,17+/m0/s1. The Balaban J connectivity index is 1.53. The van der Waals surface area contributed by atoms with Crippen molar-refractivity contribution in [2.75, 3.05) is 7.11 Å². The smallest absolute Gasteiger partial charge is 0.433 e. The summed E-state index contributed by atoms with van der Waals surface area (Å²) in [5, 5.41) is 4.39. The van der Waals surface area contributed by atoms with Crippen molar-refractivity contribution in [2.24, 2.45) is 0 Å². The number of benzene rings is 1. The number of hydrogen-bond acceptors (Lipinski definition) is 7. The van der Waals surface area contributed by atoms with Crippen LogP contribution in [0.25, 0.3) is 10.8 Å². The largest absolute Gasteiger partial charge is 0.481 e. The van der Waals surface area contributed by atoms with Crippen LogP contribution in [0.2, 0.25) is 0 Å². The number of imide groups is 1. The molecule has 0 spiro atoms. The number of rotatable bonds is 4. The first-order valence-corrected chi connectivity index (χ1v) is 9.78. The minimum absolute atomic E-state index is 0.0717. The van der Waals surface area contributed by atoms with Crippen molar-refractivity contribution in [1.82, 2.24) is 25.2 Å². The molecule has 172 valence electrons. The summed E-state index contributed by atoms with van der Waals surface area (Å²) in [7, 11) is 1.15. The zero-order valence-electron chi connectivity index (χ0n) is 17.5. The van der Waals surface area contributed by atoms with Gasteiger partial charge in [-0.05, 0) is 17.9 Å². The third-order valence-corrected chi connectivity index (χ3v) is 5.14. The third kappa shape index (κ3) is 4.36. The minimum Gasteiger partial charge on any atom is -0.481 e. The lowest BCUT2D eigenvalue weighted by molar-refractivity contribution is -0.141. The van der Waals surface area contributed by atoms with Crippen LogP contribution in [0.1, 0.15) is 30.1 Å². The molecule has 3 aromatic rings. The molecule has 1 aromatic carbocycles. The Labute approximate surface area is 185 Å². The van der Waals surface area contributed by atoms with Crippen molar-refractivity contribution in [3.05, 3.63) is 59.8 Å². The average molecular weight is 461 g/mol. The number of methoxy groups -OCH3 is 1. The molecule has 1 aliphatic rings. The van der Waals surface area contributed by atoms with Gasteiger partial charge in [0, 0.05) is 30.4 Å². The fourth-order valence-corrected chi connectivity index (χ4v) is 3.50. The number of carbonyl (C=O) groups excluding carboxylic acids is 2. The molecular formula is C21H18F3N5O4. The molecule has 3 amide bonds. The Kier molecular flexibility index (Phi) is 5.75. The normalized spacial score (nSPS) is 18.3. The van der Waals surface area contributed by atoms with Crippen molar-refractivity contribution in [3.63, 3.8) is 0 Å². The summed E-state index contributed by atoms with van der Waals surface area (Å²) in [4.78, 5) is 37.4. The highest BCUT2D eigenvalue weighted by Crippen LogP contribution is 2.35. The molecule has 12 heteroatoms. The maximum Gasteiger partial charge on any atom is 0.433 e. The van der Waals surface area contributed by atoms with Crippen molar-refractivity contribution >= 4 is 22.9 Å². The van der Waals surface area contributed by atoms with Crippen molar-refractivity contribution < 1.29 is 32.2 Å². The van der Waals surface area contributed by atoms with E-state index in [0.29, 0.717) is 6.07 Å². The van der Waals surface area contributed by atoms with Crippen molar-refractivity contribution in [3.8, 4) is 5.88 Å². The Morgan fingerprint density at radius 2 is 2.00 bits per heavy atom. The zero-order chi connectivity index (χ0) is 23.8. The fourth-order valence-electron chi connectivity index (χ4n) is 3.50. The molecule has 1 saturated heterocycles. The number of halogens is 3.